The Bertz CT molecular complexity index is 1880. The molecule has 2 N–H and O–H groups in total. The summed E-state index contributed by atoms with van der Waals surface area (Å²) in [4.78, 5) is 55.6. The number of carbonyl (C=O) groups is 4. The molecule has 0 spiro atoms. The number of nitrogens with one attached hydrogen (secondary N) is 2. The normalized spacial score (nSPS) is 27.2. The van der Waals surface area contributed by atoms with Crippen LogP contribution >= 0.6 is 12.2 Å². The highest BCUT2D eigenvalue weighted by Gasteiger charge is 2.52. The van der Waals surface area contributed by atoms with Crippen LogP contribution in [0.5, 0.6) is 0 Å². The van der Waals surface area contributed by atoms with Crippen molar-refractivity contribution in [2.24, 2.45) is 5.92 Å². The largest absolute Gasteiger partial charge is 0.417 e. The van der Waals surface area contributed by atoms with E-state index >= 15 is 0 Å². The Labute approximate surface area is 330 Å². The van der Waals surface area contributed by atoms with Crippen LogP contribution in [0.1, 0.15) is 108 Å². The number of anilines is 2. The van der Waals surface area contributed by atoms with Gasteiger partial charge in [0.2, 0.25) is 17.7 Å². The topological polar surface area (TPSA) is 135 Å². The monoisotopic (exact) mass is 794 g/mol. The maximum Gasteiger partial charge on any atom is 0.417 e. The van der Waals surface area contributed by atoms with E-state index in [9.17, 15) is 37.6 Å². The second-order valence-electron chi connectivity index (χ2n) is 16.2. The lowest BCUT2D eigenvalue weighted by molar-refractivity contribution is -0.138. The summed E-state index contributed by atoms with van der Waals surface area (Å²) in [7, 11) is 0. The van der Waals surface area contributed by atoms with Crippen LogP contribution in [0.2, 0.25) is 0 Å². The summed E-state index contributed by atoms with van der Waals surface area (Å²) in [5, 5.41) is 14.7. The third-order valence-corrected chi connectivity index (χ3v) is 12.3. The third kappa shape index (κ3) is 8.77. The van der Waals surface area contributed by atoms with Gasteiger partial charge in [0.25, 0.3) is 5.91 Å². The number of rotatable bonds is 10. The number of halogens is 3. The second kappa shape index (κ2) is 16.6. The van der Waals surface area contributed by atoms with E-state index in [1.165, 1.54) is 11.0 Å². The zero-order valence-corrected chi connectivity index (χ0v) is 33.0. The standard InChI is InChI=1S/C41H49F3N6O5S/c1-24-19-26(20-25(2)48(24)23-36(52)46-29-8-5-27(6-9-29)33-15-16-35(51)47-37(33)53)17-18-55-32-13-11-30(12-14-32)50-39(56)49(38(54)40(50,3)4)31-10-7-28(22-45)34(21-31)41(42,43)44/h5-10,21,24-26,30,32-33H,11-20,23H2,1-4H3,(H,46,52)(H,47,51,53). The molecule has 2 aromatic rings. The lowest BCUT2D eigenvalue weighted by Crippen LogP contribution is -2.51. The second-order valence-corrected chi connectivity index (χ2v) is 16.5. The molecule has 2 aromatic carbocycles. The van der Waals surface area contributed by atoms with Gasteiger partial charge in [-0.05, 0) is 133 Å². The number of hydrogen-bond donors (Lipinski definition) is 2. The Morgan fingerprint density at radius 3 is 2.29 bits per heavy atom. The zero-order valence-electron chi connectivity index (χ0n) is 32.2. The minimum Gasteiger partial charge on any atom is -0.378 e. The lowest BCUT2D eigenvalue weighted by Gasteiger charge is -2.42. The van der Waals surface area contributed by atoms with Gasteiger partial charge in [-0.3, -0.25) is 34.3 Å². The molecular weight excluding hydrogens is 746 g/mol. The van der Waals surface area contributed by atoms with Gasteiger partial charge in [-0.15, -0.1) is 0 Å². The Morgan fingerprint density at radius 2 is 1.68 bits per heavy atom. The van der Waals surface area contributed by atoms with Crippen LogP contribution < -0.4 is 15.5 Å². The van der Waals surface area contributed by atoms with E-state index in [1.807, 2.05) is 17.0 Å². The van der Waals surface area contributed by atoms with Gasteiger partial charge in [0, 0.05) is 36.8 Å². The fourth-order valence-corrected chi connectivity index (χ4v) is 9.58. The van der Waals surface area contributed by atoms with Crippen LogP contribution in [0.25, 0.3) is 0 Å². The molecule has 3 saturated heterocycles. The Morgan fingerprint density at radius 1 is 1.02 bits per heavy atom. The molecule has 4 aliphatic rings. The zero-order chi connectivity index (χ0) is 40.5. The summed E-state index contributed by atoms with van der Waals surface area (Å²) in [5.74, 6) is -0.975. The van der Waals surface area contributed by atoms with Gasteiger partial charge in [-0.25, -0.2) is 0 Å². The fourth-order valence-electron chi connectivity index (χ4n) is 9.02. The van der Waals surface area contributed by atoms with E-state index in [4.69, 9.17) is 17.0 Å². The number of imide groups is 1. The highest BCUT2D eigenvalue weighted by atomic mass is 32.1. The number of thiocarbonyl (C=S) groups is 1. The van der Waals surface area contributed by atoms with Crippen LogP contribution in [0.4, 0.5) is 24.5 Å². The van der Waals surface area contributed by atoms with Gasteiger partial charge in [-0.2, -0.15) is 18.4 Å². The van der Waals surface area contributed by atoms with Crippen LogP contribution in [-0.4, -0.2) is 81.5 Å². The van der Waals surface area contributed by atoms with Crippen molar-refractivity contribution < 1.29 is 37.1 Å². The maximum absolute atomic E-state index is 13.7. The number of hydrogen-bond acceptors (Lipinski definition) is 8. The van der Waals surface area contributed by atoms with E-state index in [0.717, 1.165) is 62.6 Å². The average Bonchev–Trinajstić information content (AvgIpc) is 3.32. The molecule has 4 fully saturated rings. The molecular formula is C41H49F3N6O5S. The average molecular weight is 795 g/mol. The van der Waals surface area contributed by atoms with Crippen molar-refractivity contribution in [3.63, 3.8) is 0 Å². The number of nitrogens with zero attached hydrogens (tertiary/aromatic N) is 4. The molecule has 0 radical (unpaired) electrons. The Kier molecular flexibility index (Phi) is 12.2. The van der Waals surface area contributed by atoms with Gasteiger partial charge in [0.15, 0.2) is 5.11 Å². The quantitative estimate of drug-likeness (QED) is 0.200. The third-order valence-electron chi connectivity index (χ3n) is 11.9. The van der Waals surface area contributed by atoms with Gasteiger partial charge in [0.1, 0.15) is 5.54 Å². The molecule has 300 valence electrons. The molecule has 3 heterocycles. The number of amides is 4. The van der Waals surface area contributed by atoms with Crippen molar-refractivity contribution >= 4 is 52.3 Å². The first-order chi connectivity index (χ1) is 26.5. The molecule has 3 aliphatic heterocycles. The van der Waals surface area contributed by atoms with E-state index in [0.29, 0.717) is 31.1 Å². The summed E-state index contributed by atoms with van der Waals surface area (Å²) >= 11 is 5.74. The molecule has 11 nitrogen and oxygen atoms in total. The SMILES string of the molecule is CC1CC(CCOC2CCC(N3C(=S)N(c4ccc(C#N)c(C(F)(F)F)c4)C(=O)C3(C)C)CC2)CC(C)N1CC(=O)Nc1ccc(C2CCC(=O)NC2=O)cc1. The van der Waals surface area contributed by atoms with E-state index in [1.54, 1.807) is 32.0 Å². The number of benzene rings is 2. The van der Waals surface area contributed by atoms with Gasteiger partial charge in [-0.1, -0.05) is 12.1 Å². The van der Waals surface area contributed by atoms with Crippen molar-refractivity contribution in [2.75, 3.05) is 23.4 Å². The molecule has 6 rings (SSSR count). The van der Waals surface area contributed by atoms with Crippen LogP contribution in [-0.2, 0) is 30.1 Å². The molecule has 0 bridgehead atoms. The fraction of sp³-hybridized carbons (Fsp3) is 0.561. The summed E-state index contributed by atoms with van der Waals surface area (Å²) in [6.07, 6.45) is 1.85. The maximum atomic E-state index is 13.7. The minimum atomic E-state index is -4.76. The summed E-state index contributed by atoms with van der Waals surface area (Å²) in [5.41, 5.74) is -1.22. The molecule has 3 atom stereocenters. The van der Waals surface area contributed by atoms with Gasteiger partial charge in [0.05, 0.1) is 41.5 Å². The van der Waals surface area contributed by atoms with E-state index in [-0.39, 0.29) is 65.2 Å². The predicted molar refractivity (Wildman–Crippen MR) is 207 cm³/mol. The van der Waals surface area contributed by atoms with Crippen molar-refractivity contribution in [1.82, 2.24) is 15.1 Å². The van der Waals surface area contributed by atoms with Crippen molar-refractivity contribution in [3.8, 4) is 6.07 Å². The number of piperidine rings is 2. The van der Waals surface area contributed by atoms with E-state index < -0.39 is 28.7 Å². The Balaban J connectivity index is 0.942. The van der Waals surface area contributed by atoms with Crippen molar-refractivity contribution in [2.45, 2.75) is 127 Å². The first-order valence-corrected chi connectivity index (χ1v) is 19.8. The first-order valence-electron chi connectivity index (χ1n) is 19.4. The first kappa shape index (κ1) is 41.2. The summed E-state index contributed by atoms with van der Waals surface area (Å²) in [6, 6.07) is 12.4. The Hall–Kier alpha value is -4.39. The van der Waals surface area contributed by atoms with Crippen LogP contribution in [0, 0.1) is 17.2 Å². The lowest BCUT2D eigenvalue weighted by atomic mass is 9.85. The van der Waals surface area contributed by atoms with E-state index in [2.05, 4.69) is 29.4 Å². The number of alkyl halides is 3. The van der Waals surface area contributed by atoms with Gasteiger partial charge >= 0.3 is 6.18 Å². The molecule has 1 saturated carbocycles. The molecule has 3 unspecified atom stereocenters. The molecule has 1 aliphatic carbocycles. The highest BCUT2D eigenvalue weighted by molar-refractivity contribution is 7.80. The highest BCUT2D eigenvalue weighted by Crippen LogP contribution is 2.41. The number of ether oxygens (including phenoxy) is 1. The predicted octanol–water partition coefficient (Wildman–Crippen LogP) is 6.65. The van der Waals surface area contributed by atoms with Crippen molar-refractivity contribution in [1.29, 1.82) is 5.26 Å². The van der Waals surface area contributed by atoms with Crippen LogP contribution in [0.3, 0.4) is 0 Å². The molecule has 0 aromatic heterocycles. The van der Waals surface area contributed by atoms with Gasteiger partial charge < -0.3 is 15.0 Å². The summed E-state index contributed by atoms with van der Waals surface area (Å²) < 4.78 is 47.5. The minimum absolute atomic E-state index is 0.00712. The smallest absolute Gasteiger partial charge is 0.378 e. The number of nitriles is 1. The number of carbonyl (C=O) groups excluding carboxylic acids is 4. The molecule has 56 heavy (non-hydrogen) atoms. The number of likely N-dealkylation sites (tertiary alicyclic amines) is 1. The molecule has 15 heteroatoms. The van der Waals surface area contributed by atoms with Crippen LogP contribution in [0.15, 0.2) is 42.5 Å². The van der Waals surface area contributed by atoms with Crippen molar-refractivity contribution in [3.05, 3.63) is 59.2 Å². The summed E-state index contributed by atoms with van der Waals surface area (Å²) in [6.45, 7) is 8.67. The molecule has 4 amide bonds.